The van der Waals surface area contributed by atoms with E-state index in [9.17, 15) is 0 Å². The second-order valence-corrected chi connectivity index (χ2v) is 4.10. The lowest BCUT2D eigenvalue weighted by Gasteiger charge is -2.13. The highest BCUT2D eigenvalue weighted by atomic mass is 79.9. The summed E-state index contributed by atoms with van der Waals surface area (Å²) in [7, 11) is 0. The van der Waals surface area contributed by atoms with Gasteiger partial charge in [0, 0.05) is 10.6 Å². The number of rotatable bonds is 1. The zero-order valence-electron chi connectivity index (χ0n) is 7.29. The number of halogens is 1. The number of hydrogen-bond acceptors (Lipinski definition) is 1. The van der Waals surface area contributed by atoms with Crippen molar-refractivity contribution in [1.29, 1.82) is 5.39 Å². The molecule has 0 saturated heterocycles. The normalized spacial score (nSPS) is 23.1. The van der Waals surface area contributed by atoms with Crippen LogP contribution in [0.3, 0.4) is 0 Å². The van der Waals surface area contributed by atoms with Crippen LogP contribution in [0.2, 0.25) is 0 Å². The van der Waals surface area contributed by atoms with Crippen LogP contribution in [0.1, 0.15) is 20.3 Å². The van der Waals surface area contributed by atoms with Gasteiger partial charge in [-0.15, -0.1) is 0 Å². The van der Waals surface area contributed by atoms with Gasteiger partial charge in [-0.1, -0.05) is 35.9 Å². The van der Waals surface area contributed by atoms with Crippen molar-refractivity contribution in [3.8, 4) is 0 Å². The fourth-order valence-electron chi connectivity index (χ4n) is 1.27. The van der Waals surface area contributed by atoms with Gasteiger partial charge >= 0.3 is 6.04 Å². The van der Waals surface area contributed by atoms with Gasteiger partial charge in [0.05, 0.1) is 6.42 Å². The molecule has 12 heavy (non-hydrogen) atoms. The third kappa shape index (κ3) is 1.95. The summed E-state index contributed by atoms with van der Waals surface area (Å²) in [6.07, 6.45) is 4.87. The molecule has 2 nitrogen and oxygen atoms in total. The van der Waals surface area contributed by atoms with E-state index < -0.39 is 0 Å². The highest BCUT2D eigenvalue weighted by Crippen LogP contribution is 2.30. The van der Waals surface area contributed by atoms with Gasteiger partial charge in [-0.3, -0.25) is 0 Å². The van der Waals surface area contributed by atoms with E-state index >= 15 is 0 Å². The molecule has 1 aliphatic carbocycles. The van der Waals surface area contributed by atoms with Gasteiger partial charge in [-0.05, 0) is 11.5 Å². The van der Waals surface area contributed by atoms with Crippen LogP contribution in [-0.4, -0.2) is 6.04 Å². The molecule has 0 N–H and O–H groups in total. The maximum absolute atomic E-state index is 8.56. The second-order valence-electron chi connectivity index (χ2n) is 3.25. The largest absolute Gasteiger partial charge is 0.337 e. The molecule has 0 fully saturated rings. The highest BCUT2D eigenvalue weighted by molar-refractivity contribution is 9.12. The van der Waals surface area contributed by atoms with Crippen LogP contribution in [0.4, 0.5) is 0 Å². The van der Waals surface area contributed by atoms with Crippen LogP contribution >= 0.6 is 15.9 Å². The third-order valence-corrected chi connectivity index (χ3v) is 2.69. The van der Waals surface area contributed by atoms with E-state index in [4.69, 9.17) is 5.39 Å². The topological polar surface area (TPSA) is 28.1 Å². The number of nitrogens with zero attached hydrogens (tertiary/aromatic N) is 2. The Balaban J connectivity index is 2.81. The second kappa shape index (κ2) is 3.86. The molecule has 64 valence electrons. The molecule has 0 amide bonds. The van der Waals surface area contributed by atoms with Gasteiger partial charge in [0.2, 0.25) is 5.39 Å². The Kier molecular flexibility index (Phi) is 3.05. The van der Waals surface area contributed by atoms with Gasteiger partial charge in [-0.2, -0.15) is 0 Å². The fourth-order valence-corrected chi connectivity index (χ4v) is 2.20. The molecule has 0 radical (unpaired) electrons. The minimum atomic E-state index is -0.0677. The Morgan fingerprint density at radius 1 is 1.67 bits per heavy atom. The number of diazo groups is 1. The molecule has 1 aliphatic rings. The predicted octanol–water partition coefficient (Wildman–Crippen LogP) is 3.47. The molecule has 0 aromatic carbocycles. The van der Waals surface area contributed by atoms with Crippen LogP contribution in [0.25, 0.3) is 4.98 Å². The van der Waals surface area contributed by atoms with Crippen molar-refractivity contribution >= 4 is 15.9 Å². The quantitative estimate of drug-likeness (QED) is 0.631. The molecule has 0 heterocycles. The van der Waals surface area contributed by atoms with Crippen molar-refractivity contribution in [2.75, 3.05) is 0 Å². The first-order valence-corrected chi connectivity index (χ1v) is 4.86. The fraction of sp³-hybridized carbons (Fsp3) is 0.556. The van der Waals surface area contributed by atoms with E-state index in [0.717, 1.165) is 10.9 Å². The molecule has 0 aliphatic heterocycles. The Hall–Kier alpha value is -0.620. The van der Waals surface area contributed by atoms with Crippen molar-refractivity contribution in [3.05, 3.63) is 27.2 Å². The zero-order chi connectivity index (χ0) is 9.14. The molecule has 0 aromatic heterocycles. The third-order valence-electron chi connectivity index (χ3n) is 1.96. The summed E-state index contributed by atoms with van der Waals surface area (Å²) in [5.74, 6) is 0.523. The summed E-state index contributed by atoms with van der Waals surface area (Å²) in [6, 6.07) is -0.0677. The Morgan fingerprint density at radius 3 is 2.75 bits per heavy atom. The van der Waals surface area contributed by atoms with E-state index in [1.807, 2.05) is 6.08 Å². The van der Waals surface area contributed by atoms with E-state index in [0.29, 0.717) is 5.92 Å². The van der Waals surface area contributed by atoms with E-state index in [-0.39, 0.29) is 6.04 Å². The lowest BCUT2D eigenvalue weighted by molar-refractivity contribution is 0.762. The van der Waals surface area contributed by atoms with E-state index in [2.05, 4.69) is 40.8 Å². The van der Waals surface area contributed by atoms with Crippen molar-refractivity contribution in [3.63, 3.8) is 0 Å². The first-order chi connectivity index (χ1) is 5.65. The maximum atomic E-state index is 8.56. The first-order valence-electron chi connectivity index (χ1n) is 4.07. The summed E-state index contributed by atoms with van der Waals surface area (Å²) >= 11 is 3.46. The first kappa shape index (κ1) is 9.47. The van der Waals surface area contributed by atoms with Crippen molar-refractivity contribution in [2.24, 2.45) is 5.92 Å². The molecular formula is C9H12BrN2+. The predicted molar refractivity (Wildman–Crippen MR) is 53.4 cm³/mol. The minimum absolute atomic E-state index is 0.0677. The Labute approximate surface area is 81.1 Å². The van der Waals surface area contributed by atoms with Crippen LogP contribution in [-0.2, 0) is 0 Å². The Morgan fingerprint density at radius 2 is 2.33 bits per heavy atom. The van der Waals surface area contributed by atoms with Gasteiger partial charge in [0.15, 0.2) is 0 Å². The molecule has 1 unspecified atom stereocenters. The van der Waals surface area contributed by atoms with Crippen LogP contribution in [0.15, 0.2) is 22.2 Å². The van der Waals surface area contributed by atoms with Crippen LogP contribution in [0, 0.1) is 11.3 Å². The molecule has 0 saturated carbocycles. The van der Waals surface area contributed by atoms with E-state index in [1.54, 1.807) is 0 Å². The molecule has 3 heteroatoms. The number of hydrogen-bond donors (Lipinski definition) is 0. The van der Waals surface area contributed by atoms with Gasteiger partial charge < -0.3 is 0 Å². The van der Waals surface area contributed by atoms with Crippen molar-refractivity contribution in [2.45, 2.75) is 26.3 Å². The van der Waals surface area contributed by atoms with Gasteiger partial charge in [0.25, 0.3) is 0 Å². The molecular weight excluding hydrogens is 216 g/mol. The smallest absolute Gasteiger partial charge is 0.0716 e. The standard InChI is InChI=1S/C9H12BrN2/c1-6(2)8-4-3-7(12-11)5-9(8)10/h4-7H,3H2,1-2H3/q+1. The van der Waals surface area contributed by atoms with Crippen LogP contribution in [0.5, 0.6) is 0 Å². The van der Waals surface area contributed by atoms with Gasteiger partial charge in [-0.25, -0.2) is 0 Å². The highest BCUT2D eigenvalue weighted by Gasteiger charge is 2.22. The summed E-state index contributed by atoms with van der Waals surface area (Å²) < 4.78 is 1.06. The zero-order valence-corrected chi connectivity index (χ0v) is 8.87. The lowest BCUT2D eigenvalue weighted by Crippen LogP contribution is -2.06. The van der Waals surface area contributed by atoms with Gasteiger partial charge in [0.1, 0.15) is 4.98 Å². The minimum Gasteiger partial charge on any atom is -0.0716 e. The molecule has 1 rings (SSSR count). The average Bonchev–Trinajstić information content (AvgIpc) is 2.03. The summed E-state index contributed by atoms with van der Waals surface area (Å²) in [5.41, 5.74) is 1.30. The molecule has 0 aromatic rings. The SMILES string of the molecule is CC(C)C1=CCC([N+]#N)C=C1Br. The summed E-state index contributed by atoms with van der Waals surface area (Å²) in [6.45, 7) is 4.30. The number of allylic oxidation sites excluding steroid dienone is 2. The lowest BCUT2D eigenvalue weighted by atomic mass is 9.95. The van der Waals surface area contributed by atoms with Crippen molar-refractivity contribution < 1.29 is 0 Å². The molecule has 0 bridgehead atoms. The summed E-state index contributed by atoms with van der Waals surface area (Å²) in [4.78, 5) is 3.24. The Bertz CT molecular complexity index is 271. The maximum Gasteiger partial charge on any atom is 0.337 e. The van der Waals surface area contributed by atoms with Crippen molar-refractivity contribution in [1.82, 2.24) is 0 Å². The molecule has 0 spiro atoms. The molecule has 1 atom stereocenters. The van der Waals surface area contributed by atoms with Crippen LogP contribution < -0.4 is 0 Å². The summed E-state index contributed by atoms with van der Waals surface area (Å²) in [5, 5.41) is 8.56. The monoisotopic (exact) mass is 227 g/mol. The van der Waals surface area contributed by atoms with E-state index in [1.165, 1.54) is 5.57 Å². The average molecular weight is 228 g/mol.